The Hall–Kier alpha value is -3.03. The Balaban J connectivity index is 1.64. The number of β-amino-alcohol motifs (C(OH)–C–C–N with tert-alkyl or cyclic N) is 1. The van der Waals surface area contributed by atoms with Crippen LogP contribution in [0.25, 0.3) is 11.3 Å². The van der Waals surface area contributed by atoms with Crippen LogP contribution >= 0.6 is 11.6 Å². The largest absolute Gasteiger partial charge is 0.397 e. The predicted octanol–water partition coefficient (Wildman–Crippen LogP) is 4.21. The molecule has 1 atom stereocenters. The average molecular weight is 455 g/mol. The summed E-state index contributed by atoms with van der Waals surface area (Å²) in [7, 11) is 0. The Morgan fingerprint density at radius 2 is 2.16 bits per heavy atom. The van der Waals surface area contributed by atoms with Gasteiger partial charge >= 0.3 is 0 Å². The lowest BCUT2D eigenvalue weighted by Gasteiger charge is -2.33. The minimum Gasteiger partial charge on any atom is -0.397 e. The molecule has 166 valence electrons. The number of halogens is 2. The summed E-state index contributed by atoms with van der Waals surface area (Å²) < 4.78 is 14.5. The summed E-state index contributed by atoms with van der Waals surface area (Å²) >= 11 is 6.16. The number of ketones is 1. The Labute approximate surface area is 190 Å². The summed E-state index contributed by atoms with van der Waals surface area (Å²) in [5, 5.41) is 10.4. The van der Waals surface area contributed by atoms with Crippen LogP contribution in [0.3, 0.4) is 0 Å². The van der Waals surface area contributed by atoms with Crippen LogP contribution in [0.4, 0.5) is 15.8 Å². The van der Waals surface area contributed by atoms with E-state index >= 15 is 0 Å². The van der Waals surface area contributed by atoms with Crippen molar-refractivity contribution in [1.29, 1.82) is 0 Å². The maximum atomic E-state index is 14.5. The highest BCUT2D eigenvalue weighted by Gasteiger charge is 2.22. The zero-order chi connectivity index (χ0) is 22.8. The summed E-state index contributed by atoms with van der Waals surface area (Å²) in [6.45, 7) is 3.02. The second-order valence-electron chi connectivity index (χ2n) is 8.06. The minimum atomic E-state index is -0.472. The van der Waals surface area contributed by atoms with Gasteiger partial charge in [-0.1, -0.05) is 11.6 Å². The SMILES string of the molecule is Cc1cc(F)c(-c2ccc(N)c(C(=O)Cc3cnccc3N3CCCC(O)C3)n2)cc1Cl. The Bertz CT molecular complexity index is 1170. The molecule has 0 saturated carbocycles. The molecule has 6 nitrogen and oxygen atoms in total. The fraction of sp³-hybridized carbons (Fsp3) is 0.292. The molecule has 1 aromatic carbocycles. The van der Waals surface area contributed by atoms with Crippen LogP contribution in [-0.4, -0.2) is 40.1 Å². The number of benzene rings is 1. The van der Waals surface area contributed by atoms with Crippen molar-refractivity contribution in [3.05, 3.63) is 70.4 Å². The number of nitrogens with zero attached hydrogens (tertiary/aromatic N) is 3. The van der Waals surface area contributed by atoms with E-state index in [0.29, 0.717) is 17.1 Å². The fourth-order valence-corrected chi connectivity index (χ4v) is 4.14. The normalized spacial score (nSPS) is 16.2. The summed E-state index contributed by atoms with van der Waals surface area (Å²) in [5.41, 5.74) is 9.04. The molecule has 1 aliphatic heterocycles. The minimum absolute atomic E-state index is 0.0353. The third-order valence-corrected chi connectivity index (χ3v) is 6.09. The van der Waals surface area contributed by atoms with Crippen molar-refractivity contribution < 1.29 is 14.3 Å². The van der Waals surface area contributed by atoms with E-state index in [4.69, 9.17) is 17.3 Å². The quantitative estimate of drug-likeness (QED) is 0.561. The standard InChI is InChI=1S/C24H24ClFN4O2/c1-14-9-19(26)17(11-18(14)25)21-5-4-20(27)24(29-21)23(32)10-15-12-28-7-6-22(15)30-8-2-3-16(31)13-30/h4-7,9,11-12,16,31H,2-3,8,10,13,27H2,1H3. The highest BCUT2D eigenvalue weighted by atomic mass is 35.5. The number of nitrogens with two attached hydrogens (primary N) is 1. The highest BCUT2D eigenvalue weighted by molar-refractivity contribution is 6.31. The van der Waals surface area contributed by atoms with Crippen LogP contribution < -0.4 is 10.6 Å². The lowest BCUT2D eigenvalue weighted by molar-refractivity contribution is 0.0989. The molecule has 1 fully saturated rings. The summed E-state index contributed by atoms with van der Waals surface area (Å²) in [5.74, 6) is -0.768. The number of aryl methyl sites for hydroxylation is 1. The number of rotatable bonds is 5. The van der Waals surface area contributed by atoms with E-state index in [1.807, 2.05) is 6.07 Å². The number of hydrogen-bond donors (Lipinski definition) is 2. The van der Waals surface area contributed by atoms with Gasteiger partial charge in [-0.3, -0.25) is 9.78 Å². The topological polar surface area (TPSA) is 92.3 Å². The smallest absolute Gasteiger partial charge is 0.187 e. The second-order valence-corrected chi connectivity index (χ2v) is 8.47. The van der Waals surface area contributed by atoms with E-state index in [9.17, 15) is 14.3 Å². The lowest BCUT2D eigenvalue weighted by Crippen LogP contribution is -2.38. The first kappa shape index (κ1) is 22.2. The van der Waals surface area contributed by atoms with Crippen molar-refractivity contribution in [2.45, 2.75) is 32.3 Å². The maximum absolute atomic E-state index is 14.5. The van der Waals surface area contributed by atoms with Gasteiger partial charge in [0.05, 0.1) is 17.5 Å². The van der Waals surface area contributed by atoms with Gasteiger partial charge in [0, 0.05) is 53.7 Å². The number of piperidine rings is 1. The number of carbonyl (C=O) groups is 1. The molecule has 1 unspecified atom stereocenters. The van der Waals surface area contributed by atoms with E-state index in [0.717, 1.165) is 30.6 Å². The predicted molar refractivity (Wildman–Crippen MR) is 124 cm³/mol. The summed E-state index contributed by atoms with van der Waals surface area (Å²) in [6, 6.07) is 7.80. The molecule has 3 aromatic rings. The number of hydrogen-bond acceptors (Lipinski definition) is 6. The fourth-order valence-electron chi connectivity index (χ4n) is 3.98. The molecule has 0 radical (unpaired) electrons. The molecule has 32 heavy (non-hydrogen) atoms. The van der Waals surface area contributed by atoms with E-state index in [1.54, 1.807) is 31.5 Å². The van der Waals surface area contributed by atoms with Gasteiger partial charge < -0.3 is 15.7 Å². The third-order valence-electron chi connectivity index (χ3n) is 5.68. The first-order valence-corrected chi connectivity index (χ1v) is 10.8. The van der Waals surface area contributed by atoms with Crippen LogP contribution in [0.1, 0.15) is 34.5 Å². The second kappa shape index (κ2) is 9.22. The Kier molecular flexibility index (Phi) is 6.39. The van der Waals surface area contributed by atoms with Crippen molar-refractivity contribution in [2.24, 2.45) is 0 Å². The molecule has 1 aliphatic rings. The van der Waals surface area contributed by atoms with Gasteiger partial charge in [0.2, 0.25) is 0 Å². The van der Waals surface area contributed by atoms with Gasteiger partial charge in [-0.2, -0.15) is 0 Å². The van der Waals surface area contributed by atoms with Crippen molar-refractivity contribution in [2.75, 3.05) is 23.7 Å². The number of pyridine rings is 2. The number of aliphatic hydroxyl groups is 1. The Morgan fingerprint density at radius 1 is 1.34 bits per heavy atom. The van der Waals surface area contributed by atoms with E-state index in [2.05, 4.69) is 14.9 Å². The number of aromatic nitrogens is 2. The zero-order valence-corrected chi connectivity index (χ0v) is 18.4. The third kappa shape index (κ3) is 4.59. The highest BCUT2D eigenvalue weighted by Crippen LogP contribution is 2.30. The van der Waals surface area contributed by atoms with Crippen molar-refractivity contribution in [3.8, 4) is 11.3 Å². The molecule has 0 amide bonds. The van der Waals surface area contributed by atoms with E-state index in [1.165, 1.54) is 12.1 Å². The molecular weight excluding hydrogens is 431 g/mol. The van der Waals surface area contributed by atoms with Gasteiger partial charge in [-0.25, -0.2) is 9.37 Å². The molecule has 8 heteroatoms. The maximum Gasteiger partial charge on any atom is 0.187 e. The van der Waals surface area contributed by atoms with Crippen LogP contribution in [0, 0.1) is 12.7 Å². The van der Waals surface area contributed by atoms with Gasteiger partial charge in [-0.15, -0.1) is 0 Å². The van der Waals surface area contributed by atoms with E-state index in [-0.39, 0.29) is 34.8 Å². The number of Topliss-reactive ketones (excluding diaryl/α,β-unsaturated/α-hetero) is 1. The van der Waals surface area contributed by atoms with Crippen LogP contribution in [0.5, 0.6) is 0 Å². The molecule has 2 aromatic heterocycles. The van der Waals surface area contributed by atoms with Crippen LogP contribution in [-0.2, 0) is 6.42 Å². The van der Waals surface area contributed by atoms with Crippen molar-refractivity contribution in [3.63, 3.8) is 0 Å². The molecular formula is C24H24ClFN4O2. The van der Waals surface area contributed by atoms with Crippen LogP contribution in [0.15, 0.2) is 42.7 Å². The number of anilines is 2. The Morgan fingerprint density at radius 3 is 2.94 bits per heavy atom. The van der Waals surface area contributed by atoms with Gasteiger partial charge in [0.1, 0.15) is 11.5 Å². The van der Waals surface area contributed by atoms with Crippen molar-refractivity contribution in [1.82, 2.24) is 9.97 Å². The molecule has 3 heterocycles. The average Bonchev–Trinajstić information content (AvgIpc) is 2.77. The summed E-state index contributed by atoms with van der Waals surface area (Å²) in [4.78, 5) is 23.8. The lowest BCUT2D eigenvalue weighted by atomic mass is 10.0. The zero-order valence-electron chi connectivity index (χ0n) is 17.7. The molecule has 3 N–H and O–H groups in total. The molecule has 1 saturated heterocycles. The van der Waals surface area contributed by atoms with Crippen LogP contribution in [0.2, 0.25) is 5.02 Å². The molecule has 0 bridgehead atoms. The number of nitrogen functional groups attached to an aromatic ring is 1. The molecule has 0 aliphatic carbocycles. The monoisotopic (exact) mass is 454 g/mol. The molecule has 4 rings (SSSR count). The molecule has 0 spiro atoms. The number of aliphatic hydroxyl groups excluding tert-OH is 1. The number of carbonyl (C=O) groups excluding carboxylic acids is 1. The first-order chi connectivity index (χ1) is 15.3. The van der Waals surface area contributed by atoms with Crippen molar-refractivity contribution >= 4 is 28.8 Å². The van der Waals surface area contributed by atoms with E-state index < -0.39 is 11.9 Å². The summed E-state index contributed by atoms with van der Waals surface area (Å²) in [6.07, 6.45) is 4.59. The van der Waals surface area contributed by atoms with Gasteiger partial charge in [0.25, 0.3) is 0 Å². The van der Waals surface area contributed by atoms with Gasteiger partial charge in [0.15, 0.2) is 5.78 Å². The first-order valence-electron chi connectivity index (χ1n) is 10.4. The van der Waals surface area contributed by atoms with Gasteiger partial charge in [-0.05, 0) is 55.7 Å².